The Balaban J connectivity index is 3.78. The van der Waals surface area contributed by atoms with E-state index in [-0.39, 0.29) is 12.8 Å². The van der Waals surface area contributed by atoms with Gasteiger partial charge in [0.1, 0.15) is 0 Å². The van der Waals surface area contributed by atoms with Crippen molar-refractivity contribution in [3.05, 3.63) is 0 Å². The first-order valence-electron chi connectivity index (χ1n) is 6.57. The van der Waals surface area contributed by atoms with Gasteiger partial charge >= 0.3 is 11.9 Å². The van der Waals surface area contributed by atoms with Crippen LogP contribution in [0, 0.1) is 5.92 Å². The minimum Gasteiger partial charge on any atom is -0.481 e. The van der Waals surface area contributed by atoms with E-state index in [1.807, 2.05) is 0 Å². The van der Waals surface area contributed by atoms with E-state index in [0.717, 1.165) is 25.9 Å². The van der Waals surface area contributed by atoms with Crippen LogP contribution in [0.15, 0.2) is 0 Å². The van der Waals surface area contributed by atoms with E-state index in [4.69, 9.17) is 10.2 Å². The lowest BCUT2D eigenvalue weighted by molar-refractivity contribution is -0.138. The lowest BCUT2D eigenvalue weighted by atomic mass is 10.1. The molecule has 2 N–H and O–H groups in total. The minimum atomic E-state index is -0.769. The number of rotatable bonds is 11. The van der Waals surface area contributed by atoms with Crippen LogP contribution in [-0.2, 0) is 9.59 Å². The van der Waals surface area contributed by atoms with Crippen molar-refractivity contribution in [3.63, 3.8) is 0 Å². The van der Waals surface area contributed by atoms with Crippen molar-refractivity contribution in [3.8, 4) is 0 Å². The highest BCUT2D eigenvalue weighted by Crippen LogP contribution is 2.05. The zero-order chi connectivity index (χ0) is 14.0. The highest BCUT2D eigenvalue weighted by Gasteiger charge is 2.09. The smallest absolute Gasteiger partial charge is 0.304 e. The summed E-state index contributed by atoms with van der Waals surface area (Å²) < 4.78 is 0. The summed E-state index contributed by atoms with van der Waals surface area (Å²) in [7, 11) is 0. The van der Waals surface area contributed by atoms with Crippen molar-refractivity contribution in [2.24, 2.45) is 5.92 Å². The van der Waals surface area contributed by atoms with E-state index in [9.17, 15) is 9.59 Å². The third-order valence-electron chi connectivity index (χ3n) is 2.63. The van der Waals surface area contributed by atoms with Crippen LogP contribution in [0.25, 0.3) is 0 Å². The average Bonchev–Trinajstić information content (AvgIpc) is 2.23. The van der Waals surface area contributed by atoms with Crippen molar-refractivity contribution in [1.82, 2.24) is 4.90 Å². The molecule has 0 aliphatic heterocycles. The van der Waals surface area contributed by atoms with Crippen molar-refractivity contribution in [2.75, 3.05) is 19.6 Å². The quantitative estimate of drug-likeness (QED) is 0.555. The summed E-state index contributed by atoms with van der Waals surface area (Å²) in [5.41, 5.74) is 0. The normalized spacial score (nSPS) is 11.1. The molecular formula is C13H25NO4. The summed E-state index contributed by atoms with van der Waals surface area (Å²) >= 11 is 0. The van der Waals surface area contributed by atoms with E-state index < -0.39 is 11.9 Å². The SMILES string of the molecule is CC(C)CN(CCCCCC(=O)O)CCC(=O)O. The third-order valence-corrected chi connectivity index (χ3v) is 2.63. The molecule has 0 aromatic rings. The van der Waals surface area contributed by atoms with Gasteiger partial charge in [0.25, 0.3) is 0 Å². The summed E-state index contributed by atoms with van der Waals surface area (Å²) in [6.07, 6.45) is 2.90. The Hall–Kier alpha value is -1.10. The van der Waals surface area contributed by atoms with Gasteiger partial charge in [0, 0.05) is 19.5 Å². The molecule has 0 amide bonds. The number of hydrogen-bond donors (Lipinski definition) is 2. The average molecular weight is 259 g/mol. The highest BCUT2D eigenvalue weighted by atomic mass is 16.4. The lowest BCUT2D eigenvalue weighted by Crippen LogP contribution is -2.31. The van der Waals surface area contributed by atoms with Crippen molar-refractivity contribution < 1.29 is 19.8 Å². The number of hydrogen-bond acceptors (Lipinski definition) is 3. The Morgan fingerprint density at radius 2 is 1.56 bits per heavy atom. The Morgan fingerprint density at radius 1 is 0.944 bits per heavy atom. The molecule has 0 atom stereocenters. The molecule has 0 rings (SSSR count). The molecule has 106 valence electrons. The molecule has 0 saturated heterocycles. The van der Waals surface area contributed by atoms with Gasteiger partial charge in [-0.1, -0.05) is 20.3 Å². The first-order valence-corrected chi connectivity index (χ1v) is 6.57. The zero-order valence-electron chi connectivity index (χ0n) is 11.4. The van der Waals surface area contributed by atoms with Gasteiger partial charge < -0.3 is 15.1 Å². The standard InChI is InChI=1S/C13H25NO4/c1-11(2)10-14(9-7-13(17)18)8-5-3-4-6-12(15)16/h11H,3-10H2,1-2H3,(H,15,16)(H,17,18). The molecule has 18 heavy (non-hydrogen) atoms. The van der Waals surface area contributed by atoms with E-state index in [1.54, 1.807) is 0 Å². The summed E-state index contributed by atoms with van der Waals surface area (Å²) in [5.74, 6) is -1.01. The topological polar surface area (TPSA) is 77.8 Å². The summed E-state index contributed by atoms with van der Waals surface area (Å²) in [5, 5.41) is 17.2. The Labute approximate surface area is 109 Å². The third kappa shape index (κ3) is 11.4. The monoisotopic (exact) mass is 259 g/mol. The van der Waals surface area contributed by atoms with Gasteiger partial charge in [0.15, 0.2) is 0 Å². The molecule has 0 heterocycles. The Morgan fingerprint density at radius 3 is 2.06 bits per heavy atom. The van der Waals surface area contributed by atoms with Gasteiger partial charge in [0.2, 0.25) is 0 Å². The van der Waals surface area contributed by atoms with Crippen molar-refractivity contribution in [1.29, 1.82) is 0 Å². The molecule has 0 aliphatic rings. The van der Waals surface area contributed by atoms with Crippen LogP contribution in [0.2, 0.25) is 0 Å². The number of carboxylic acids is 2. The maximum Gasteiger partial charge on any atom is 0.304 e. The number of carboxylic acid groups (broad SMARTS) is 2. The van der Waals surface area contributed by atoms with E-state index >= 15 is 0 Å². The van der Waals surface area contributed by atoms with E-state index in [1.165, 1.54) is 0 Å². The maximum absolute atomic E-state index is 10.5. The number of carbonyl (C=O) groups is 2. The van der Waals surface area contributed by atoms with Crippen LogP contribution in [0.4, 0.5) is 0 Å². The molecular weight excluding hydrogens is 234 g/mol. The molecule has 0 saturated carbocycles. The second-order valence-electron chi connectivity index (χ2n) is 5.04. The molecule has 0 aromatic carbocycles. The van der Waals surface area contributed by atoms with Crippen molar-refractivity contribution >= 4 is 11.9 Å². The van der Waals surface area contributed by atoms with Crippen LogP contribution in [0.5, 0.6) is 0 Å². The fraction of sp³-hybridized carbons (Fsp3) is 0.846. The van der Waals surface area contributed by atoms with Gasteiger partial charge in [-0.3, -0.25) is 9.59 Å². The zero-order valence-corrected chi connectivity index (χ0v) is 11.4. The first-order chi connectivity index (χ1) is 8.41. The second kappa shape index (κ2) is 9.88. The summed E-state index contributed by atoms with van der Waals surface area (Å²) in [6, 6.07) is 0. The minimum absolute atomic E-state index is 0.168. The predicted octanol–water partition coefficient (Wildman–Crippen LogP) is 2.06. The van der Waals surface area contributed by atoms with Gasteiger partial charge in [-0.2, -0.15) is 0 Å². The fourth-order valence-electron chi connectivity index (χ4n) is 1.85. The number of aliphatic carboxylic acids is 2. The van der Waals surface area contributed by atoms with Crippen LogP contribution < -0.4 is 0 Å². The molecule has 0 aliphatic carbocycles. The Kier molecular flexibility index (Phi) is 9.28. The second-order valence-corrected chi connectivity index (χ2v) is 5.04. The maximum atomic E-state index is 10.5. The first kappa shape index (κ1) is 16.9. The van der Waals surface area contributed by atoms with Gasteiger partial charge in [0.05, 0.1) is 6.42 Å². The summed E-state index contributed by atoms with van der Waals surface area (Å²) in [4.78, 5) is 23.0. The van der Waals surface area contributed by atoms with Crippen LogP contribution in [-0.4, -0.2) is 46.7 Å². The number of unbranched alkanes of at least 4 members (excludes halogenated alkanes) is 2. The van der Waals surface area contributed by atoms with E-state index in [0.29, 0.717) is 18.9 Å². The number of nitrogens with zero attached hydrogens (tertiary/aromatic N) is 1. The molecule has 0 aromatic heterocycles. The van der Waals surface area contributed by atoms with Gasteiger partial charge in [-0.25, -0.2) is 0 Å². The van der Waals surface area contributed by atoms with Crippen molar-refractivity contribution in [2.45, 2.75) is 46.0 Å². The van der Waals surface area contributed by atoms with Crippen LogP contribution in [0.3, 0.4) is 0 Å². The summed E-state index contributed by atoms with van der Waals surface area (Å²) in [6.45, 7) is 6.54. The van der Waals surface area contributed by atoms with Gasteiger partial charge in [-0.05, 0) is 25.3 Å². The molecule has 0 fully saturated rings. The molecule has 0 radical (unpaired) electrons. The molecule has 5 heteroatoms. The molecule has 0 spiro atoms. The van der Waals surface area contributed by atoms with Crippen LogP contribution >= 0.6 is 0 Å². The largest absolute Gasteiger partial charge is 0.481 e. The molecule has 0 unspecified atom stereocenters. The fourth-order valence-corrected chi connectivity index (χ4v) is 1.85. The van der Waals surface area contributed by atoms with Crippen LogP contribution in [0.1, 0.15) is 46.0 Å². The van der Waals surface area contributed by atoms with E-state index in [2.05, 4.69) is 18.7 Å². The predicted molar refractivity (Wildman–Crippen MR) is 69.6 cm³/mol. The highest BCUT2D eigenvalue weighted by molar-refractivity contribution is 5.67. The van der Waals surface area contributed by atoms with Gasteiger partial charge in [-0.15, -0.1) is 0 Å². The molecule has 0 bridgehead atoms. The molecule has 5 nitrogen and oxygen atoms in total. The lowest BCUT2D eigenvalue weighted by Gasteiger charge is -2.23. The Bertz CT molecular complexity index is 253.